The van der Waals surface area contributed by atoms with Gasteiger partial charge in [-0.3, -0.25) is 9.59 Å². The van der Waals surface area contributed by atoms with Crippen molar-refractivity contribution in [2.75, 3.05) is 13.1 Å². The molecule has 1 heterocycles. The number of aliphatic carboxylic acids is 1. The van der Waals surface area contributed by atoms with Crippen LogP contribution < -0.4 is 0 Å². The van der Waals surface area contributed by atoms with E-state index in [1.54, 1.807) is 19.9 Å². The van der Waals surface area contributed by atoms with Crippen LogP contribution in [0.15, 0.2) is 6.07 Å². The van der Waals surface area contributed by atoms with E-state index in [0.29, 0.717) is 23.5 Å². The van der Waals surface area contributed by atoms with Gasteiger partial charge in [0, 0.05) is 6.54 Å². The first-order valence-electron chi connectivity index (χ1n) is 6.13. The van der Waals surface area contributed by atoms with E-state index in [-0.39, 0.29) is 18.4 Å². The van der Waals surface area contributed by atoms with Crippen LogP contribution >= 0.6 is 0 Å². The van der Waals surface area contributed by atoms with Crippen LogP contribution in [0, 0.1) is 19.8 Å². The van der Waals surface area contributed by atoms with Crippen molar-refractivity contribution in [3.05, 3.63) is 23.0 Å². The second-order valence-electron chi connectivity index (χ2n) is 4.96. The lowest BCUT2D eigenvalue weighted by molar-refractivity contribution is -0.137. The zero-order valence-corrected chi connectivity index (χ0v) is 11.7. The molecule has 0 atom stereocenters. The first-order valence-corrected chi connectivity index (χ1v) is 6.13. The number of hydrogen-bond donors (Lipinski definition) is 1. The number of aryl methyl sites for hydroxylation is 2. The molecule has 19 heavy (non-hydrogen) atoms. The fraction of sp³-hybridized carbons (Fsp3) is 0.538. The largest absolute Gasteiger partial charge is 0.480 e. The van der Waals surface area contributed by atoms with Gasteiger partial charge in [-0.05, 0) is 25.8 Å². The number of carboxylic acid groups (broad SMARTS) is 1. The Bertz CT molecular complexity index is 486. The van der Waals surface area contributed by atoms with Crippen LogP contribution in [0.3, 0.4) is 0 Å². The van der Waals surface area contributed by atoms with Crippen molar-refractivity contribution in [3.8, 4) is 0 Å². The van der Waals surface area contributed by atoms with Crippen molar-refractivity contribution >= 4 is 11.9 Å². The van der Waals surface area contributed by atoms with Gasteiger partial charge in [0.2, 0.25) is 0 Å². The van der Waals surface area contributed by atoms with Crippen LogP contribution in [0.5, 0.6) is 0 Å². The summed E-state index contributed by atoms with van der Waals surface area (Å²) in [6.45, 7) is 7.39. The van der Waals surface area contributed by atoms with E-state index in [4.69, 9.17) is 5.11 Å². The topological polar surface area (TPSA) is 83.4 Å². The molecule has 0 saturated carbocycles. The molecule has 0 fully saturated rings. The predicted molar refractivity (Wildman–Crippen MR) is 69.9 cm³/mol. The van der Waals surface area contributed by atoms with Crippen LogP contribution in [-0.2, 0) is 4.79 Å². The second-order valence-corrected chi connectivity index (χ2v) is 4.96. The van der Waals surface area contributed by atoms with E-state index in [2.05, 4.69) is 10.2 Å². The molecule has 0 spiro atoms. The molecule has 1 N–H and O–H groups in total. The van der Waals surface area contributed by atoms with Gasteiger partial charge in [-0.25, -0.2) is 0 Å². The number of carbonyl (C=O) groups is 2. The summed E-state index contributed by atoms with van der Waals surface area (Å²) in [5.41, 5.74) is 1.55. The van der Waals surface area contributed by atoms with Gasteiger partial charge in [0.15, 0.2) is 0 Å². The van der Waals surface area contributed by atoms with Gasteiger partial charge < -0.3 is 10.0 Å². The highest BCUT2D eigenvalue weighted by atomic mass is 16.4. The number of carboxylic acids is 1. The maximum atomic E-state index is 12.4. The van der Waals surface area contributed by atoms with Crippen molar-refractivity contribution in [2.24, 2.45) is 5.92 Å². The lowest BCUT2D eigenvalue weighted by Gasteiger charge is -2.23. The molecule has 1 aromatic heterocycles. The minimum atomic E-state index is -1.02. The Morgan fingerprint density at radius 2 is 1.95 bits per heavy atom. The summed E-state index contributed by atoms with van der Waals surface area (Å²) in [6.07, 6.45) is 0. The molecule has 0 radical (unpaired) electrons. The van der Waals surface area contributed by atoms with Crippen LogP contribution in [0.25, 0.3) is 0 Å². The Hall–Kier alpha value is -1.98. The molecular formula is C13H19N3O3. The standard InChI is InChI=1S/C13H19N3O3/c1-8(2)6-16(7-12(17)18)13(19)11-5-9(3)14-15-10(11)4/h5,8H,6-7H2,1-4H3,(H,17,18). The Kier molecular flexibility index (Phi) is 4.97. The number of rotatable bonds is 5. The number of nitrogens with zero attached hydrogens (tertiary/aromatic N) is 3. The highest BCUT2D eigenvalue weighted by molar-refractivity contribution is 5.96. The van der Waals surface area contributed by atoms with Crippen molar-refractivity contribution in [3.63, 3.8) is 0 Å². The Morgan fingerprint density at radius 3 is 2.47 bits per heavy atom. The lowest BCUT2D eigenvalue weighted by Crippen LogP contribution is -2.38. The van der Waals surface area contributed by atoms with Crippen LogP contribution in [0.4, 0.5) is 0 Å². The molecule has 0 unspecified atom stereocenters. The quantitative estimate of drug-likeness (QED) is 0.867. The van der Waals surface area contributed by atoms with E-state index in [0.717, 1.165) is 0 Å². The molecule has 0 aliphatic rings. The Morgan fingerprint density at radius 1 is 1.32 bits per heavy atom. The first kappa shape index (κ1) is 15.1. The maximum Gasteiger partial charge on any atom is 0.323 e. The SMILES string of the molecule is Cc1cc(C(=O)N(CC(=O)O)CC(C)C)c(C)nn1. The van der Waals surface area contributed by atoms with Crippen LogP contribution in [0.1, 0.15) is 35.6 Å². The normalized spacial score (nSPS) is 10.6. The van der Waals surface area contributed by atoms with Gasteiger partial charge in [-0.1, -0.05) is 13.8 Å². The molecule has 0 bridgehead atoms. The molecule has 1 rings (SSSR count). The average Bonchev–Trinajstić information content (AvgIpc) is 2.29. The summed E-state index contributed by atoms with van der Waals surface area (Å²) in [5, 5.41) is 16.7. The summed E-state index contributed by atoms with van der Waals surface area (Å²) in [5.74, 6) is -1.14. The molecule has 6 nitrogen and oxygen atoms in total. The van der Waals surface area contributed by atoms with Gasteiger partial charge >= 0.3 is 5.97 Å². The van der Waals surface area contributed by atoms with Crippen molar-refractivity contribution in [1.29, 1.82) is 0 Å². The fourth-order valence-corrected chi connectivity index (χ4v) is 1.76. The fourth-order valence-electron chi connectivity index (χ4n) is 1.76. The molecule has 0 aliphatic heterocycles. The summed E-state index contributed by atoms with van der Waals surface area (Å²) >= 11 is 0. The maximum absolute atomic E-state index is 12.4. The number of amides is 1. The lowest BCUT2D eigenvalue weighted by atomic mass is 10.1. The smallest absolute Gasteiger partial charge is 0.323 e. The monoisotopic (exact) mass is 265 g/mol. The second kappa shape index (κ2) is 6.26. The van der Waals surface area contributed by atoms with Crippen LogP contribution in [0.2, 0.25) is 0 Å². The molecular weight excluding hydrogens is 246 g/mol. The van der Waals surface area contributed by atoms with E-state index >= 15 is 0 Å². The predicted octanol–water partition coefficient (Wildman–Crippen LogP) is 1.28. The van der Waals surface area contributed by atoms with Gasteiger partial charge in [0.1, 0.15) is 6.54 Å². The van der Waals surface area contributed by atoms with Crippen molar-refractivity contribution in [1.82, 2.24) is 15.1 Å². The van der Waals surface area contributed by atoms with E-state index in [1.807, 2.05) is 13.8 Å². The molecule has 104 valence electrons. The van der Waals surface area contributed by atoms with Gasteiger partial charge in [0.25, 0.3) is 5.91 Å². The van der Waals surface area contributed by atoms with Gasteiger partial charge in [0.05, 0.1) is 17.0 Å². The third kappa shape index (κ3) is 4.31. The summed E-state index contributed by atoms with van der Waals surface area (Å²) in [7, 11) is 0. The average molecular weight is 265 g/mol. The molecule has 6 heteroatoms. The highest BCUT2D eigenvalue weighted by Crippen LogP contribution is 2.11. The number of aromatic nitrogens is 2. The molecule has 0 aliphatic carbocycles. The Balaban J connectivity index is 3.03. The summed E-state index contributed by atoms with van der Waals surface area (Å²) in [4.78, 5) is 24.6. The zero-order valence-electron chi connectivity index (χ0n) is 11.7. The van der Waals surface area contributed by atoms with Gasteiger partial charge in [-0.2, -0.15) is 10.2 Å². The zero-order chi connectivity index (χ0) is 14.6. The van der Waals surface area contributed by atoms with Crippen molar-refractivity contribution < 1.29 is 14.7 Å². The number of hydrogen-bond acceptors (Lipinski definition) is 4. The third-order valence-corrected chi connectivity index (χ3v) is 2.53. The highest BCUT2D eigenvalue weighted by Gasteiger charge is 2.21. The molecule has 1 aromatic rings. The molecule has 0 aromatic carbocycles. The minimum absolute atomic E-state index is 0.194. The third-order valence-electron chi connectivity index (χ3n) is 2.53. The minimum Gasteiger partial charge on any atom is -0.480 e. The van der Waals surface area contributed by atoms with E-state index in [9.17, 15) is 9.59 Å². The first-order chi connectivity index (χ1) is 8.81. The van der Waals surface area contributed by atoms with Crippen LogP contribution in [-0.4, -0.2) is 45.2 Å². The van der Waals surface area contributed by atoms with E-state index < -0.39 is 5.97 Å². The summed E-state index contributed by atoms with van der Waals surface area (Å²) < 4.78 is 0. The summed E-state index contributed by atoms with van der Waals surface area (Å²) in [6, 6.07) is 1.64. The Labute approximate surface area is 112 Å². The van der Waals surface area contributed by atoms with Crippen molar-refractivity contribution in [2.45, 2.75) is 27.7 Å². The molecule has 1 amide bonds. The van der Waals surface area contributed by atoms with E-state index in [1.165, 1.54) is 4.90 Å². The van der Waals surface area contributed by atoms with Gasteiger partial charge in [-0.15, -0.1) is 0 Å². The molecule has 0 saturated heterocycles. The number of carbonyl (C=O) groups excluding carboxylic acids is 1.